The lowest BCUT2D eigenvalue weighted by molar-refractivity contribution is -0.143. The summed E-state index contributed by atoms with van der Waals surface area (Å²) in [6.07, 6.45) is 0.626. The monoisotopic (exact) mass is 365 g/mol. The molecule has 1 aliphatic heterocycles. The number of likely N-dealkylation sites (N-methyl/N-ethyl adjacent to an activating group) is 1. The summed E-state index contributed by atoms with van der Waals surface area (Å²) in [5, 5.41) is 2.73. The molecule has 7 heteroatoms. The average molecular weight is 365 g/mol. The fourth-order valence-corrected chi connectivity index (χ4v) is 2.91. The lowest BCUT2D eigenvalue weighted by Crippen LogP contribution is -2.39. The largest absolute Gasteiger partial charge is 0.334 e. The first-order chi connectivity index (χ1) is 13.0. The molecule has 0 aliphatic carbocycles. The van der Waals surface area contributed by atoms with Gasteiger partial charge in [0.1, 0.15) is 6.54 Å². The van der Waals surface area contributed by atoms with Crippen LogP contribution < -0.4 is 5.32 Å². The molecular weight excluding hydrogens is 346 g/mol. The van der Waals surface area contributed by atoms with Crippen LogP contribution in [0.1, 0.15) is 18.1 Å². The molecule has 1 aliphatic rings. The fraction of sp³-hybridized carbons (Fsp3) is 0.200. The van der Waals surface area contributed by atoms with Gasteiger partial charge in [0.05, 0.1) is 0 Å². The van der Waals surface area contributed by atoms with E-state index in [0.29, 0.717) is 17.0 Å². The number of hydrogen-bond acceptors (Lipinski definition) is 4. The molecule has 7 nitrogen and oxygen atoms in total. The third-order valence-corrected chi connectivity index (χ3v) is 4.28. The lowest BCUT2D eigenvalue weighted by Gasteiger charge is -2.15. The van der Waals surface area contributed by atoms with Crippen LogP contribution in [0.4, 0.5) is 10.5 Å². The number of imide groups is 2. The van der Waals surface area contributed by atoms with Crippen LogP contribution in [0, 0.1) is 0 Å². The van der Waals surface area contributed by atoms with E-state index in [9.17, 15) is 19.2 Å². The Morgan fingerprint density at radius 2 is 1.52 bits per heavy atom. The standard InChI is InChI=1S/C20H19N3O4/c1-2-22-18(25)19(26)23(20(22)27)13-17(24)21-16-11-7-6-10-15(16)12-14-8-4-3-5-9-14/h3-11H,2,12-13H2,1H3,(H,21,24). The van der Waals surface area contributed by atoms with Crippen LogP contribution in [0.15, 0.2) is 54.6 Å². The van der Waals surface area contributed by atoms with E-state index in [-0.39, 0.29) is 6.54 Å². The van der Waals surface area contributed by atoms with E-state index in [1.54, 1.807) is 19.1 Å². The van der Waals surface area contributed by atoms with Gasteiger partial charge in [-0.1, -0.05) is 48.5 Å². The Morgan fingerprint density at radius 1 is 0.889 bits per heavy atom. The maximum absolute atomic E-state index is 12.4. The van der Waals surface area contributed by atoms with Crippen molar-refractivity contribution in [2.75, 3.05) is 18.4 Å². The number of rotatable bonds is 6. The van der Waals surface area contributed by atoms with Gasteiger partial charge >= 0.3 is 17.8 Å². The van der Waals surface area contributed by atoms with Crippen LogP contribution >= 0.6 is 0 Å². The van der Waals surface area contributed by atoms with Crippen molar-refractivity contribution in [1.82, 2.24) is 9.80 Å². The number of para-hydroxylation sites is 1. The van der Waals surface area contributed by atoms with E-state index in [2.05, 4.69) is 5.32 Å². The smallest absolute Gasteiger partial charge is 0.324 e. The maximum atomic E-state index is 12.4. The van der Waals surface area contributed by atoms with Crippen LogP contribution in [0.5, 0.6) is 0 Å². The van der Waals surface area contributed by atoms with Gasteiger partial charge in [-0.3, -0.25) is 19.3 Å². The molecule has 1 heterocycles. The summed E-state index contributed by atoms with van der Waals surface area (Å²) in [4.78, 5) is 49.6. The number of nitrogens with one attached hydrogen (secondary N) is 1. The van der Waals surface area contributed by atoms with E-state index in [1.807, 2.05) is 42.5 Å². The molecule has 0 bridgehead atoms. The summed E-state index contributed by atoms with van der Waals surface area (Å²) in [5.74, 6) is -2.42. The van der Waals surface area contributed by atoms with Crippen molar-refractivity contribution in [2.24, 2.45) is 0 Å². The van der Waals surface area contributed by atoms with Crippen LogP contribution in [0.3, 0.4) is 0 Å². The highest BCUT2D eigenvalue weighted by Crippen LogP contribution is 2.19. The molecule has 2 aromatic rings. The Bertz CT molecular complexity index is 895. The van der Waals surface area contributed by atoms with Gasteiger partial charge in [-0.25, -0.2) is 9.69 Å². The molecule has 1 fully saturated rings. The Balaban J connectivity index is 1.71. The van der Waals surface area contributed by atoms with E-state index in [1.165, 1.54) is 0 Å². The van der Waals surface area contributed by atoms with Gasteiger partial charge in [0.25, 0.3) is 0 Å². The van der Waals surface area contributed by atoms with Gasteiger partial charge in [0.15, 0.2) is 0 Å². The number of nitrogens with zero attached hydrogens (tertiary/aromatic N) is 2. The number of anilines is 1. The van der Waals surface area contributed by atoms with Crippen LogP contribution in [0.25, 0.3) is 0 Å². The van der Waals surface area contributed by atoms with Crippen LogP contribution in [-0.4, -0.2) is 46.6 Å². The zero-order valence-electron chi connectivity index (χ0n) is 14.8. The lowest BCUT2D eigenvalue weighted by atomic mass is 10.0. The molecule has 3 rings (SSSR count). The maximum Gasteiger partial charge on any atom is 0.334 e. The highest BCUT2D eigenvalue weighted by molar-refractivity contribution is 6.45. The zero-order valence-corrected chi connectivity index (χ0v) is 14.8. The molecule has 0 spiro atoms. The topological polar surface area (TPSA) is 86.8 Å². The molecule has 0 atom stereocenters. The number of amides is 5. The summed E-state index contributed by atoms with van der Waals surface area (Å²) >= 11 is 0. The third kappa shape index (κ3) is 3.87. The summed E-state index contributed by atoms with van der Waals surface area (Å²) < 4.78 is 0. The first kappa shape index (κ1) is 18.3. The van der Waals surface area contributed by atoms with Gasteiger partial charge in [-0.05, 0) is 30.5 Å². The van der Waals surface area contributed by atoms with Gasteiger partial charge in [-0.15, -0.1) is 0 Å². The molecule has 5 amide bonds. The second-order valence-electron chi connectivity index (χ2n) is 6.09. The average Bonchev–Trinajstić information content (AvgIpc) is 2.87. The molecule has 0 saturated carbocycles. The van der Waals surface area contributed by atoms with Gasteiger partial charge in [0, 0.05) is 12.2 Å². The van der Waals surface area contributed by atoms with Crippen molar-refractivity contribution in [2.45, 2.75) is 13.3 Å². The predicted molar refractivity (Wildman–Crippen MR) is 98.8 cm³/mol. The normalized spacial score (nSPS) is 14.0. The minimum atomic E-state index is -0.977. The fourth-order valence-electron chi connectivity index (χ4n) is 2.91. The van der Waals surface area contributed by atoms with E-state index >= 15 is 0 Å². The van der Waals surface area contributed by atoms with Crippen molar-refractivity contribution >= 4 is 29.4 Å². The van der Waals surface area contributed by atoms with E-state index in [4.69, 9.17) is 0 Å². The summed E-state index contributed by atoms with van der Waals surface area (Å²) in [6.45, 7) is 1.17. The highest BCUT2D eigenvalue weighted by Gasteiger charge is 2.44. The third-order valence-electron chi connectivity index (χ3n) is 4.28. The molecule has 0 aromatic heterocycles. The first-order valence-corrected chi connectivity index (χ1v) is 8.60. The molecule has 2 aromatic carbocycles. The van der Waals surface area contributed by atoms with Crippen LogP contribution in [0.2, 0.25) is 0 Å². The number of carbonyl (C=O) groups is 4. The quantitative estimate of drug-likeness (QED) is 0.627. The van der Waals surface area contributed by atoms with Gasteiger partial charge in [-0.2, -0.15) is 0 Å². The van der Waals surface area contributed by atoms with Crippen molar-refractivity contribution in [3.8, 4) is 0 Å². The minimum Gasteiger partial charge on any atom is -0.324 e. The molecular formula is C20H19N3O4. The van der Waals surface area contributed by atoms with Gasteiger partial charge in [0.2, 0.25) is 5.91 Å². The molecule has 1 saturated heterocycles. The Morgan fingerprint density at radius 3 is 2.19 bits per heavy atom. The number of benzene rings is 2. The Hall–Kier alpha value is -3.48. The highest BCUT2D eigenvalue weighted by atomic mass is 16.2. The zero-order chi connectivity index (χ0) is 19.4. The molecule has 27 heavy (non-hydrogen) atoms. The summed E-state index contributed by atoms with van der Waals surface area (Å²) in [7, 11) is 0. The summed E-state index contributed by atoms with van der Waals surface area (Å²) in [6, 6.07) is 16.4. The second-order valence-corrected chi connectivity index (χ2v) is 6.09. The van der Waals surface area contributed by atoms with Crippen molar-refractivity contribution < 1.29 is 19.2 Å². The predicted octanol–water partition coefficient (Wildman–Crippen LogP) is 2.03. The molecule has 0 radical (unpaired) electrons. The van der Waals surface area contributed by atoms with Crippen LogP contribution in [-0.2, 0) is 20.8 Å². The Kier molecular flexibility index (Phi) is 5.30. The van der Waals surface area contributed by atoms with Crippen molar-refractivity contribution in [3.63, 3.8) is 0 Å². The van der Waals surface area contributed by atoms with E-state index in [0.717, 1.165) is 16.0 Å². The summed E-state index contributed by atoms with van der Waals surface area (Å²) in [5.41, 5.74) is 2.60. The van der Waals surface area contributed by atoms with Crippen molar-refractivity contribution in [3.05, 3.63) is 65.7 Å². The number of urea groups is 1. The number of hydrogen-bond donors (Lipinski definition) is 1. The van der Waals surface area contributed by atoms with Gasteiger partial charge < -0.3 is 5.32 Å². The van der Waals surface area contributed by atoms with Crippen molar-refractivity contribution in [1.29, 1.82) is 0 Å². The Labute approximate surface area is 156 Å². The number of carbonyl (C=O) groups excluding carboxylic acids is 4. The molecule has 138 valence electrons. The molecule has 1 N–H and O–H groups in total. The first-order valence-electron chi connectivity index (χ1n) is 8.60. The minimum absolute atomic E-state index is 0.0848. The SMILES string of the molecule is CCN1C(=O)C(=O)N(CC(=O)Nc2ccccc2Cc2ccccc2)C1=O. The molecule has 0 unspecified atom stereocenters. The van der Waals surface area contributed by atoms with E-state index < -0.39 is 30.3 Å². The second kappa shape index (κ2) is 7.82.